The second-order valence-corrected chi connectivity index (χ2v) is 11.0. The molecule has 2 aromatic carbocycles. The Morgan fingerprint density at radius 3 is 2.38 bits per heavy atom. The minimum atomic E-state index is -0.969. The number of nitrogens with one attached hydrogen (secondary N) is 2. The average molecular weight is 582 g/mol. The summed E-state index contributed by atoms with van der Waals surface area (Å²) in [5.74, 6) is -0.0894. The highest BCUT2D eigenvalue weighted by Gasteiger charge is 2.37. The topological polar surface area (TPSA) is 137 Å². The van der Waals surface area contributed by atoms with Crippen LogP contribution in [0.15, 0.2) is 54.6 Å². The molecule has 42 heavy (non-hydrogen) atoms. The van der Waals surface area contributed by atoms with Crippen LogP contribution in [0, 0.1) is 0 Å². The molecular formula is C31H41N4O7. The lowest BCUT2D eigenvalue weighted by atomic mass is 10.0. The van der Waals surface area contributed by atoms with Crippen LogP contribution in [-0.4, -0.2) is 73.3 Å². The zero-order valence-corrected chi connectivity index (χ0v) is 24.8. The standard InChI is InChI=1S/C31H41N4O7/c1-31(2,3)42-29(38)33-17-9-8-12-26-27(36)32-18-19-35(26)28(37)25(20-22-13-15-24(40-4)16-14-22)34-30(39)41-21-23-10-6-5-7-11-23/h5-7,10-11,13-16,25-26H,8-9,12,17-21H2,1-4H3,(H,33,38)(H,34,39). The molecule has 2 atom stereocenters. The lowest BCUT2D eigenvalue weighted by molar-refractivity contribution is -0.145. The maximum absolute atomic E-state index is 13.9. The normalized spacial score (nSPS) is 15.7. The van der Waals surface area contributed by atoms with Gasteiger partial charge in [-0.15, -0.1) is 0 Å². The number of unbranched alkanes of at least 4 members (excludes halogenated alkanes) is 1. The van der Waals surface area contributed by atoms with Gasteiger partial charge >= 0.3 is 12.2 Å². The molecule has 1 radical (unpaired) electrons. The van der Waals surface area contributed by atoms with E-state index >= 15 is 0 Å². The first-order valence-electron chi connectivity index (χ1n) is 14.1. The third-order valence-electron chi connectivity index (χ3n) is 6.53. The molecule has 0 bridgehead atoms. The monoisotopic (exact) mass is 581 g/mol. The quantitative estimate of drug-likeness (QED) is 0.366. The summed E-state index contributed by atoms with van der Waals surface area (Å²) in [5, 5.41) is 9.47. The number of nitrogens with zero attached hydrogens (tertiary/aromatic N) is 2. The van der Waals surface area contributed by atoms with Crippen LogP contribution >= 0.6 is 0 Å². The number of carbonyl (C=O) groups is 4. The van der Waals surface area contributed by atoms with Crippen LogP contribution in [0.2, 0.25) is 0 Å². The lowest BCUT2D eigenvalue weighted by Crippen LogP contribution is -2.59. The number of hydrogen-bond acceptors (Lipinski definition) is 7. The third kappa shape index (κ3) is 10.6. The molecule has 1 heterocycles. The molecule has 3 rings (SSSR count). The number of methoxy groups -OCH3 is 1. The van der Waals surface area contributed by atoms with E-state index in [-0.39, 0.29) is 37.9 Å². The van der Waals surface area contributed by atoms with E-state index in [1.807, 2.05) is 42.5 Å². The first-order valence-corrected chi connectivity index (χ1v) is 14.1. The summed E-state index contributed by atoms with van der Waals surface area (Å²) in [4.78, 5) is 52.8. The first kappa shape index (κ1) is 32.2. The van der Waals surface area contributed by atoms with Crippen molar-refractivity contribution in [2.24, 2.45) is 0 Å². The molecule has 0 saturated carbocycles. The van der Waals surface area contributed by atoms with Gasteiger partial charge in [0.25, 0.3) is 5.91 Å². The fraction of sp³-hybridized carbons (Fsp3) is 0.484. The van der Waals surface area contributed by atoms with Crippen molar-refractivity contribution < 1.29 is 33.4 Å². The number of hydrogen-bond donors (Lipinski definition) is 2. The number of alkyl carbamates (subject to hydrolysis) is 2. The molecule has 0 spiro atoms. The summed E-state index contributed by atoms with van der Waals surface area (Å²) >= 11 is 0. The number of benzene rings is 2. The summed E-state index contributed by atoms with van der Waals surface area (Å²) in [6.45, 7) is 6.23. The third-order valence-corrected chi connectivity index (χ3v) is 6.53. The molecule has 4 amide bonds. The highest BCUT2D eigenvalue weighted by molar-refractivity contribution is 5.92. The SMILES string of the molecule is COc1ccc(CC(NC(=O)OCc2ccccc2)C(=O)N2CC[N]C(=O)C2CCCCNC(=O)OC(C)(C)C)cc1. The van der Waals surface area contributed by atoms with Gasteiger partial charge in [-0.3, -0.25) is 9.59 Å². The Morgan fingerprint density at radius 2 is 1.71 bits per heavy atom. The van der Waals surface area contributed by atoms with E-state index in [0.717, 1.165) is 11.1 Å². The van der Waals surface area contributed by atoms with Crippen molar-refractivity contribution in [2.45, 2.75) is 70.7 Å². The predicted octanol–water partition coefficient (Wildman–Crippen LogP) is 3.57. The zero-order chi connectivity index (χ0) is 30.5. The molecule has 227 valence electrons. The van der Waals surface area contributed by atoms with Crippen molar-refractivity contribution in [3.05, 3.63) is 65.7 Å². The second-order valence-electron chi connectivity index (χ2n) is 11.0. The van der Waals surface area contributed by atoms with Crippen LogP contribution in [0.4, 0.5) is 9.59 Å². The molecule has 1 aliphatic rings. The highest BCUT2D eigenvalue weighted by atomic mass is 16.6. The van der Waals surface area contributed by atoms with E-state index in [1.165, 1.54) is 4.90 Å². The van der Waals surface area contributed by atoms with Crippen molar-refractivity contribution in [1.29, 1.82) is 0 Å². The molecule has 11 heteroatoms. The summed E-state index contributed by atoms with van der Waals surface area (Å²) in [6, 6.07) is 14.7. The Morgan fingerprint density at radius 1 is 1.00 bits per heavy atom. The maximum atomic E-state index is 13.9. The Hall–Kier alpha value is -4.28. The van der Waals surface area contributed by atoms with Crippen LogP contribution < -0.4 is 20.7 Å². The van der Waals surface area contributed by atoms with Gasteiger partial charge in [-0.2, -0.15) is 0 Å². The van der Waals surface area contributed by atoms with Crippen molar-refractivity contribution in [2.75, 3.05) is 26.7 Å². The van der Waals surface area contributed by atoms with Crippen LogP contribution in [0.5, 0.6) is 5.75 Å². The Labute approximate surface area is 247 Å². The summed E-state index contributed by atoms with van der Waals surface area (Å²) in [7, 11) is 1.57. The van der Waals surface area contributed by atoms with Gasteiger partial charge in [0.15, 0.2) is 0 Å². The van der Waals surface area contributed by atoms with Gasteiger partial charge in [0, 0.05) is 19.5 Å². The zero-order valence-electron chi connectivity index (χ0n) is 24.8. The van der Waals surface area contributed by atoms with Crippen molar-refractivity contribution in [3.8, 4) is 5.75 Å². The molecule has 1 fully saturated rings. The summed E-state index contributed by atoms with van der Waals surface area (Å²) in [5.41, 5.74) is 1.02. The van der Waals surface area contributed by atoms with Crippen LogP contribution in [0.3, 0.4) is 0 Å². The largest absolute Gasteiger partial charge is 0.497 e. The Kier molecular flexibility index (Phi) is 12.0. The molecular weight excluding hydrogens is 540 g/mol. The second kappa shape index (κ2) is 15.6. The van der Waals surface area contributed by atoms with Gasteiger partial charge in [-0.05, 0) is 63.3 Å². The minimum absolute atomic E-state index is 0.0527. The number of rotatable bonds is 12. The van der Waals surface area contributed by atoms with Crippen LogP contribution in [0.1, 0.15) is 51.2 Å². The van der Waals surface area contributed by atoms with Gasteiger partial charge in [-0.1, -0.05) is 42.5 Å². The molecule has 0 aliphatic carbocycles. The number of amides is 4. The molecule has 2 N–H and O–H groups in total. The van der Waals surface area contributed by atoms with E-state index in [4.69, 9.17) is 14.2 Å². The lowest BCUT2D eigenvalue weighted by Gasteiger charge is -2.36. The minimum Gasteiger partial charge on any atom is -0.497 e. The smallest absolute Gasteiger partial charge is 0.408 e. The molecule has 11 nitrogen and oxygen atoms in total. The highest BCUT2D eigenvalue weighted by Crippen LogP contribution is 2.18. The fourth-order valence-electron chi connectivity index (χ4n) is 4.48. The number of piperazine rings is 1. The van der Waals surface area contributed by atoms with Crippen molar-refractivity contribution in [3.63, 3.8) is 0 Å². The van der Waals surface area contributed by atoms with E-state index in [0.29, 0.717) is 31.6 Å². The van der Waals surface area contributed by atoms with E-state index in [1.54, 1.807) is 40.0 Å². The van der Waals surface area contributed by atoms with E-state index in [9.17, 15) is 19.2 Å². The van der Waals surface area contributed by atoms with Gasteiger partial charge in [0.05, 0.1) is 13.7 Å². The van der Waals surface area contributed by atoms with Crippen molar-refractivity contribution >= 4 is 24.0 Å². The van der Waals surface area contributed by atoms with Gasteiger partial charge in [0.1, 0.15) is 30.0 Å². The van der Waals surface area contributed by atoms with Crippen LogP contribution in [0.25, 0.3) is 0 Å². The fourth-order valence-corrected chi connectivity index (χ4v) is 4.48. The molecule has 0 aromatic heterocycles. The summed E-state index contributed by atoms with van der Waals surface area (Å²) in [6.07, 6.45) is 0.485. The molecule has 2 unspecified atom stereocenters. The molecule has 1 saturated heterocycles. The van der Waals surface area contributed by atoms with Crippen molar-refractivity contribution in [1.82, 2.24) is 20.9 Å². The maximum Gasteiger partial charge on any atom is 0.408 e. The van der Waals surface area contributed by atoms with E-state index in [2.05, 4.69) is 16.0 Å². The predicted molar refractivity (Wildman–Crippen MR) is 156 cm³/mol. The summed E-state index contributed by atoms with van der Waals surface area (Å²) < 4.78 is 15.9. The molecule has 1 aliphatic heterocycles. The number of carbonyl (C=O) groups excluding carboxylic acids is 4. The van der Waals surface area contributed by atoms with Crippen LogP contribution in [-0.2, 0) is 32.1 Å². The van der Waals surface area contributed by atoms with Gasteiger partial charge in [0.2, 0.25) is 5.91 Å². The Balaban J connectivity index is 1.65. The molecule has 2 aromatic rings. The van der Waals surface area contributed by atoms with Gasteiger partial charge < -0.3 is 29.7 Å². The first-order chi connectivity index (χ1) is 20.1. The van der Waals surface area contributed by atoms with Gasteiger partial charge in [-0.25, -0.2) is 14.9 Å². The van der Waals surface area contributed by atoms with E-state index < -0.39 is 29.9 Å². The Bertz CT molecular complexity index is 1180. The average Bonchev–Trinajstić information content (AvgIpc) is 2.96. The number of ether oxygens (including phenoxy) is 3.